The third kappa shape index (κ3) is 11.1. The maximum absolute atomic E-state index is 12.1. The van der Waals surface area contributed by atoms with E-state index in [9.17, 15) is 9.59 Å². The van der Waals surface area contributed by atoms with Gasteiger partial charge in [0.2, 0.25) is 5.91 Å². The molecule has 126 valence electrons. The maximum Gasteiger partial charge on any atom is 0.306 e. The van der Waals surface area contributed by atoms with Gasteiger partial charge in [-0.3, -0.25) is 9.59 Å². The number of ether oxygens (including phenoxy) is 2. The normalized spacial score (nSPS) is 11.5. The van der Waals surface area contributed by atoms with E-state index >= 15 is 0 Å². The van der Waals surface area contributed by atoms with Crippen LogP contribution in [0.5, 0.6) is 0 Å². The van der Waals surface area contributed by atoms with Gasteiger partial charge in [0.1, 0.15) is 0 Å². The molecule has 5 nitrogen and oxygen atoms in total. The van der Waals surface area contributed by atoms with Crippen molar-refractivity contribution in [2.24, 2.45) is 5.92 Å². The lowest BCUT2D eigenvalue weighted by Gasteiger charge is -2.15. The van der Waals surface area contributed by atoms with Gasteiger partial charge in [-0.05, 0) is 32.1 Å². The van der Waals surface area contributed by atoms with Crippen molar-refractivity contribution in [3.8, 4) is 0 Å². The minimum Gasteiger partial charge on any atom is -0.469 e. The molecule has 1 N–H and O–H groups in total. The van der Waals surface area contributed by atoms with Crippen LogP contribution in [0.25, 0.3) is 0 Å². The Hall–Kier alpha value is -1.62. The van der Waals surface area contributed by atoms with Crippen LogP contribution in [0.2, 0.25) is 0 Å². The largest absolute Gasteiger partial charge is 0.469 e. The van der Waals surface area contributed by atoms with E-state index in [0.717, 1.165) is 19.3 Å². The molecule has 0 spiro atoms. The molecule has 0 saturated heterocycles. The first kappa shape index (κ1) is 20.4. The van der Waals surface area contributed by atoms with Crippen LogP contribution in [0.4, 0.5) is 0 Å². The third-order valence-electron chi connectivity index (χ3n) is 3.22. The number of esters is 1. The number of allylic oxidation sites excluding steroid dienone is 2. The zero-order valence-corrected chi connectivity index (χ0v) is 13.6. The van der Waals surface area contributed by atoms with Crippen LogP contribution in [-0.2, 0) is 19.1 Å². The number of rotatable bonds is 14. The molecule has 5 heteroatoms. The standard InChI is InChI=1S/C17H29NO4/c1-4-6-8-9-12-22-13-11-18-17(20)15(10-7-5-2)14-16(19)21-3/h4-5,15H,1-2,6-14H2,3H3,(H,18,20). The Morgan fingerprint density at radius 2 is 1.86 bits per heavy atom. The van der Waals surface area contributed by atoms with Gasteiger partial charge in [0.15, 0.2) is 0 Å². The number of nitrogens with one attached hydrogen (secondary N) is 1. The number of hydrogen-bond donors (Lipinski definition) is 1. The van der Waals surface area contributed by atoms with Crippen molar-refractivity contribution in [2.45, 2.75) is 38.5 Å². The molecule has 0 aromatic heterocycles. The molecule has 0 radical (unpaired) electrons. The smallest absolute Gasteiger partial charge is 0.306 e. The van der Waals surface area contributed by atoms with Gasteiger partial charge in [-0.25, -0.2) is 0 Å². The van der Waals surface area contributed by atoms with Crippen molar-refractivity contribution in [3.63, 3.8) is 0 Å². The highest BCUT2D eigenvalue weighted by Crippen LogP contribution is 2.13. The SMILES string of the molecule is C=CCCCCOCCNC(=O)C(CCC=C)CC(=O)OC. The predicted octanol–water partition coefficient (Wildman–Crippen LogP) is 2.62. The molecular weight excluding hydrogens is 282 g/mol. The zero-order chi connectivity index (χ0) is 16.6. The second-order valence-electron chi connectivity index (χ2n) is 5.03. The second-order valence-corrected chi connectivity index (χ2v) is 5.03. The van der Waals surface area contributed by atoms with Crippen molar-refractivity contribution < 1.29 is 19.1 Å². The zero-order valence-electron chi connectivity index (χ0n) is 13.6. The van der Waals surface area contributed by atoms with Gasteiger partial charge in [-0.1, -0.05) is 12.2 Å². The molecule has 22 heavy (non-hydrogen) atoms. The minimum absolute atomic E-state index is 0.0958. The summed E-state index contributed by atoms with van der Waals surface area (Å²) >= 11 is 0. The molecule has 0 aliphatic carbocycles. The molecule has 0 fully saturated rings. The second kappa shape index (κ2) is 14.3. The topological polar surface area (TPSA) is 64.6 Å². The molecule has 0 bridgehead atoms. The average Bonchev–Trinajstić information content (AvgIpc) is 2.53. The monoisotopic (exact) mass is 311 g/mol. The number of amides is 1. The average molecular weight is 311 g/mol. The first-order valence-electron chi connectivity index (χ1n) is 7.79. The Kier molecular flexibility index (Phi) is 13.3. The summed E-state index contributed by atoms with van der Waals surface area (Å²) in [6.07, 6.45) is 8.07. The van der Waals surface area contributed by atoms with E-state index in [1.807, 2.05) is 6.08 Å². The van der Waals surface area contributed by atoms with Crippen molar-refractivity contribution in [1.29, 1.82) is 0 Å². The molecule has 1 amide bonds. The van der Waals surface area contributed by atoms with Gasteiger partial charge in [0.05, 0.1) is 20.1 Å². The summed E-state index contributed by atoms with van der Waals surface area (Å²) in [5.41, 5.74) is 0. The first-order valence-corrected chi connectivity index (χ1v) is 7.79. The van der Waals surface area contributed by atoms with Gasteiger partial charge in [0, 0.05) is 19.1 Å². The molecule has 1 unspecified atom stereocenters. The van der Waals surface area contributed by atoms with Crippen LogP contribution >= 0.6 is 0 Å². The lowest BCUT2D eigenvalue weighted by molar-refractivity contribution is -0.144. The highest BCUT2D eigenvalue weighted by atomic mass is 16.5. The van der Waals surface area contributed by atoms with E-state index < -0.39 is 0 Å². The van der Waals surface area contributed by atoms with Crippen molar-refractivity contribution in [3.05, 3.63) is 25.3 Å². The number of unbranched alkanes of at least 4 members (excludes halogenated alkanes) is 2. The number of carbonyl (C=O) groups is 2. The Bertz CT molecular complexity index is 342. The molecule has 1 atom stereocenters. The molecular formula is C17H29NO4. The number of methoxy groups -OCH3 is 1. The van der Waals surface area contributed by atoms with Crippen LogP contribution in [0.15, 0.2) is 25.3 Å². The van der Waals surface area contributed by atoms with Crippen molar-refractivity contribution >= 4 is 11.9 Å². The van der Waals surface area contributed by atoms with Gasteiger partial charge in [0.25, 0.3) is 0 Å². The Balaban J connectivity index is 3.88. The number of hydrogen-bond acceptors (Lipinski definition) is 4. The lowest BCUT2D eigenvalue weighted by Crippen LogP contribution is -2.34. The van der Waals surface area contributed by atoms with E-state index in [0.29, 0.717) is 32.6 Å². The fourth-order valence-corrected chi connectivity index (χ4v) is 1.92. The maximum atomic E-state index is 12.1. The summed E-state index contributed by atoms with van der Waals surface area (Å²) in [5.74, 6) is -0.886. The molecule has 0 aliphatic rings. The first-order chi connectivity index (χ1) is 10.7. The summed E-state index contributed by atoms with van der Waals surface area (Å²) in [5, 5.41) is 2.80. The van der Waals surface area contributed by atoms with Crippen LogP contribution in [-0.4, -0.2) is 38.7 Å². The molecule has 0 saturated carbocycles. The summed E-state index contributed by atoms with van der Waals surface area (Å²) in [7, 11) is 1.32. The van der Waals surface area contributed by atoms with Crippen molar-refractivity contribution in [2.75, 3.05) is 26.9 Å². The third-order valence-corrected chi connectivity index (χ3v) is 3.22. The van der Waals surface area contributed by atoms with Crippen LogP contribution in [0.1, 0.15) is 38.5 Å². The van der Waals surface area contributed by atoms with Gasteiger partial charge >= 0.3 is 5.97 Å². The molecule has 0 aliphatic heterocycles. The fourth-order valence-electron chi connectivity index (χ4n) is 1.92. The molecule has 0 aromatic rings. The summed E-state index contributed by atoms with van der Waals surface area (Å²) in [6.45, 7) is 8.91. The summed E-state index contributed by atoms with van der Waals surface area (Å²) in [4.78, 5) is 23.4. The van der Waals surface area contributed by atoms with Crippen molar-refractivity contribution in [1.82, 2.24) is 5.32 Å². The van der Waals surface area contributed by atoms with E-state index in [4.69, 9.17) is 4.74 Å². The van der Waals surface area contributed by atoms with Gasteiger partial charge < -0.3 is 14.8 Å². The number of carbonyl (C=O) groups excluding carboxylic acids is 2. The molecule has 0 aromatic carbocycles. The fraction of sp³-hybridized carbons (Fsp3) is 0.647. The summed E-state index contributed by atoms with van der Waals surface area (Å²) < 4.78 is 10.1. The van der Waals surface area contributed by atoms with E-state index in [2.05, 4.69) is 23.2 Å². The van der Waals surface area contributed by atoms with Crippen LogP contribution in [0, 0.1) is 5.92 Å². The Morgan fingerprint density at radius 3 is 2.50 bits per heavy atom. The van der Waals surface area contributed by atoms with E-state index in [1.54, 1.807) is 6.08 Å². The highest BCUT2D eigenvalue weighted by molar-refractivity contribution is 5.83. The van der Waals surface area contributed by atoms with E-state index in [1.165, 1.54) is 7.11 Å². The Morgan fingerprint density at radius 1 is 1.14 bits per heavy atom. The van der Waals surface area contributed by atoms with E-state index in [-0.39, 0.29) is 24.2 Å². The van der Waals surface area contributed by atoms with Crippen LogP contribution in [0.3, 0.4) is 0 Å². The lowest BCUT2D eigenvalue weighted by atomic mass is 9.98. The molecule has 0 heterocycles. The van der Waals surface area contributed by atoms with Gasteiger partial charge in [-0.2, -0.15) is 0 Å². The van der Waals surface area contributed by atoms with Gasteiger partial charge in [-0.15, -0.1) is 13.2 Å². The quantitative estimate of drug-likeness (QED) is 0.304. The Labute approximate surface area is 133 Å². The minimum atomic E-state index is -0.377. The van der Waals surface area contributed by atoms with Crippen LogP contribution < -0.4 is 5.32 Å². The predicted molar refractivity (Wildman–Crippen MR) is 87.4 cm³/mol. The molecule has 0 rings (SSSR count). The highest BCUT2D eigenvalue weighted by Gasteiger charge is 2.21. The summed E-state index contributed by atoms with van der Waals surface area (Å²) in [6, 6.07) is 0.